The predicted molar refractivity (Wildman–Crippen MR) is 127 cm³/mol. The van der Waals surface area contributed by atoms with Crippen molar-refractivity contribution in [1.29, 1.82) is 0 Å². The molecule has 0 aliphatic carbocycles. The molecule has 0 atom stereocenters. The van der Waals surface area contributed by atoms with Crippen LogP contribution < -0.4 is 10.6 Å². The molecule has 5 nitrogen and oxygen atoms in total. The second-order valence-corrected chi connectivity index (χ2v) is 6.93. The highest BCUT2D eigenvalue weighted by molar-refractivity contribution is 6.07. The SMILES string of the molecule is Cl.O=C(Nc1cccc(Cc2ccccc2)c1)c1cccnc1NCc1ccncc1. The Labute approximate surface area is 188 Å². The Morgan fingerprint density at radius 3 is 2.35 bits per heavy atom. The molecule has 2 aromatic carbocycles. The summed E-state index contributed by atoms with van der Waals surface area (Å²) in [4.78, 5) is 21.3. The number of halogens is 1. The van der Waals surface area contributed by atoms with Gasteiger partial charge in [-0.2, -0.15) is 0 Å². The maximum Gasteiger partial charge on any atom is 0.259 e. The molecule has 4 rings (SSSR count). The van der Waals surface area contributed by atoms with E-state index < -0.39 is 0 Å². The van der Waals surface area contributed by atoms with E-state index in [1.165, 1.54) is 5.56 Å². The Kier molecular flexibility index (Phi) is 7.73. The van der Waals surface area contributed by atoms with Crippen LogP contribution >= 0.6 is 12.4 Å². The third-order valence-corrected chi connectivity index (χ3v) is 4.70. The number of aromatic nitrogens is 2. The third kappa shape index (κ3) is 6.14. The third-order valence-electron chi connectivity index (χ3n) is 4.70. The first-order chi connectivity index (χ1) is 14.8. The van der Waals surface area contributed by atoms with Crippen LogP contribution in [-0.2, 0) is 13.0 Å². The van der Waals surface area contributed by atoms with Crippen LogP contribution in [0.2, 0.25) is 0 Å². The van der Waals surface area contributed by atoms with Crippen LogP contribution in [0.5, 0.6) is 0 Å². The van der Waals surface area contributed by atoms with Crippen LogP contribution in [0.3, 0.4) is 0 Å². The average molecular weight is 431 g/mol. The summed E-state index contributed by atoms with van der Waals surface area (Å²) in [5.74, 6) is 0.351. The molecule has 156 valence electrons. The smallest absolute Gasteiger partial charge is 0.259 e. The van der Waals surface area contributed by atoms with Gasteiger partial charge in [0.05, 0.1) is 5.56 Å². The van der Waals surface area contributed by atoms with Gasteiger partial charge in [-0.15, -0.1) is 12.4 Å². The van der Waals surface area contributed by atoms with Gasteiger partial charge < -0.3 is 10.6 Å². The van der Waals surface area contributed by atoms with Crippen LogP contribution in [0, 0.1) is 0 Å². The molecule has 2 aromatic heterocycles. The zero-order valence-corrected chi connectivity index (χ0v) is 17.7. The monoisotopic (exact) mass is 430 g/mol. The Balaban J connectivity index is 0.00000272. The van der Waals surface area contributed by atoms with Gasteiger partial charge in [-0.25, -0.2) is 4.98 Å². The summed E-state index contributed by atoms with van der Waals surface area (Å²) in [5.41, 5.74) is 4.70. The zero-order valence-electron chi connectivity index (χ0n) is 16.9. The van der Waals surface area contributed by atoms with Crippen LogP contribution in [-0.4, -0.2) is 15.9 Å². The van der Waals surface area contributed by atoms with Crippen molar-refractivity contribution in [2.75, 3.05) is 10.6 Å². The molecule has 2 heterocycles. The highest BCUT2D eigenvalue weighted by Gasteiger charge is 2.13. The van der Waals surface area contributed by atoms with Crippen molar-refractivity contribution in [1.82, 2.24) is 9.97 Å². The Hall–Kier alpha value is -3.70. The van der Waals surface area contributed by atoms with E-state index in [-0.39, 0.29) is 18.3 Å². The second-order valence-electron chi connectivity index (χ2n) is 6.93. The first-order valence-corrected chi connectivity index (χ1v) is 9.80. The molecular formula is C25H23ClN4O. The van der Waals surface area contributed by atoms with E-state index in [4.69, 9.17) is 0 Å². The normalized spacial score (nSPS) is 10.1. The fourth-order valence-electron chi connectivity index (χ4n) is 3.20. The number of hydrogen-bond donors (Lipinski definition) is 2. The lowest BCUT2D eigenvalue weighted by Gasteiger charge is -2.12. The Bertz CT molecular complexity index is 1120. The van der Waals surface area contributed by atoms with Crippen molar-refractivity contribution in [2.24, 2.45) is 0 Å². The molecule has 0 radical (unpaired) electrons. The molecule has 1 amide bonds. The molecule has 0 unspecified atom stereocenters. The molecule has 0 aliphatic rings. The first-order valence-electron chi connectivity index (χ1n) is 9.80. The Morgan fingerprint density at radius 2 is 1.55 bits per heavy atom. The zero-order chi connectivity index (χ0) is 20.6. The minimum Gasteiger partial charge on any atom is -0.365 e. The number of hydrogen-bond acceptors (Lipinski definition) is 4. The summed E-state index contributed by atoms with van der Waals surface area (Å²) in [6.07, 6.45) is 5.97. The van der Waals surface area contributed by atoms with Crippen molar-refractivity contribution in [2.45, 2.75) is 13.0 Å². The van der Waals surface area contributed by atoms with E-state index in [1.807, 2.05) is 48.5 Å². The summed E-state index contributed by atoms with van der Waals surface area (Å²) in [6, 6.07) is 25.6. The van der Waals surface area contributed by atoms with Crippen LogP contribution in [0.4, 0.5) is 11.5 Å². The van der Waals surface area contributed by atoms with Crippen molar-refractivity contribution < 1.29 is 4.79 Å². The summed E-state index contributed by atoms with van der Waals surface area (Å²) < 4.78 is 0. The van der Waals surface area contributed by atoms with Gasteiger partial charge >= 0.3 is 0 Å². The number of nitrogens with zero attached hydrogens (tertiary/aromatic N) is 2. The van der Waals surface area contributed by atoms with Crippen molar-refractivity contribution >= 4 is 29.8 Å². The number of rotatable bonds is 7. The topological polar surface area (TPSA) is 66.9 Å². The summed E-state index contributed by atoms with van der Waals surface area (Å²) >= 11 is 0. The van der Waals surface area contributed by atoms with E-state index >= 15 is 0 Å². The second kappa shape index (κ2) is 10.9. The van der Waals surface area contributed by atoms with E-state index in [9.17, 15) is 4.79 Å². The van der Waals surface area contributed by atoms with Crippen molar-refractivity contribution in [3.05, 3.63) is 120 Å². The fourth-order valence-corrected chi connectivity index (χ4v) is 3.20. The van der Waals surface area contributed by atoms with E-state index in [1.54, 1.807) is 30.7 Å². The predicted octanol–water partition coefficient (Wildman–Crippen LogP) is 5.35. The number of carbonyl (C=O) groups excluding carboxylic acids is 1. The molecule has 0 bridgehead atoms. The standard InChI is InChI=1S/C25H22N4O.ClH/c30-25(23-10-5-13-27-24(23)28-18-20-11-14-26-15-12-20)29-22-9-4-8-21(17-22)16-19-6-2-1-3-7-19;/h1-15,17H,16,18H2,(H,27,28)(H,29,30);1H. The number of carbonyl (C=O) groups is 1. The lowest BCUT2D eigenvalue weighted by molar-refractivity contribution is 0.102. The minimum absolute atomic E-state index is 0. The van der Waals surface area contributed by atoms with Gasteiger partial charge in [0.2, 0.25) is 0 Å². The quantitative estimate of drug-likeness (QED) is 0.414. The van der Waals surface area contributed by atoms with Crippen molar-refractivity contribution in [3.8, 4) is 0 Å². The number of benzene rings is 2. The number of anilines is 2. The molecule has 2 N–H and O–H groups in total. The molecule has 0 fully saturated rings. The minimum atomic E-state index is -0.197. The highest BCUT2D eigenvalue weighted by atomic mass is 35.5. The maximum absolute atomic E-state index is 12.9. The largest absolute Gasteiger partial charge is 0.365 e. The van der Waals surface area contributed by atoms with Gasteiger partial charge in [0.1, 0.15) is 5.82 Å². The van der Waals surface area contributed by atoms with Gasteiger partial charge in [0, 0.05) is 30.8 Å². The molecule has 31 heavy (non-hydrogen) atoms. The number of pyridine rings is 2. The molecular weight excluding hydrogens is 408 g/mol. The summed E-state index contributed by atoms with van der Waals surface area (Å²) in [5, 5.41) is 6.23. The summed E-state index contributed by atoms with van der Waals surface area (Å²) in [7, 11) is 0. The average Bonchev–Trinajstić information content (AvgIpc) is 2.79. The van der Waals surface area contributed by atoms with E-state index in [0.717, 1.165) is 23.2 Å². The summed E-state index contributed by atoms with van der Waals surface area (Å²) in [6.45, 7) is 0.562. The van der Waals surface area contributed by atoms with Gasteiger partial charge in [0.25, 0.3) is 5.91 Å². The van der Waals surface area contributed by atoms with Gasteiger partial charge in [-0.1, -0.05) is 42.5 Å². The van der Waals surface area contributed by atoms with Crippen LogP contribution in [0.15, 0.2) is 97.5 Å². The first kappa shape index (κ1) is 22.0. The maximum atomic E-state index is 12.9. The fraction of sp³-hybridized carbons (Fsp3) is 0.0800. The molecule has 0 spiro atoms. The number of nitrogens with one attached hydrogen (secondary N) is 2. The van der Waals surface area contributed by atoms with Gasteiger partial charge in [-0.05, 0) is 59.5 Å². The van der Waals surface area contributed by atoms with Crippen molar-refractivity contribution in [3.63, 3.8) is 0 Å². The van der Waals surface area contributed by atoms with Crippen LogP contribution in [0.1, 0.15) is 27.0 Å². The molecule has 0 saturated carbocycles. The Morgan fingerprint density at radius 1 is 0.774 bits per heavy atom. The van der Waals surface area contributed by atoms with Gasteiger partial charge in [-0.3, -0.25) is 9.78 Å². The van der Waals surface area contributed by atoms with E-state index in [0.29, 0.717) is 17.9 Å². The van der Waals surface area contributed by atoms with Gasteiger partial charge in [0.15, 0.2) is 0 Å². The number of amides is 1. The molecule has 0 aliphatic heterocycles. The van der Waals surface area contributed by atoms with E-state index in [2.05, 4.69) is 38.8 Å². The lowest BCUT2D eigenvalue weighted by Crippen LogP contribution is -2.16. The highest BCUT2D eigenvalue weighted by Crippen LogP contribution is 2.18. The molecule has 0 saturated heterocycles. The molecule has 4 aromatic rings. The molecule has 6 heteroatoms. The van der Waals surface area contributed by atoms with Crippen LogP contribution in [0.25, 0.3) is 0 Å². The lowest BCUT2D eigenvalue weighted by atomic mass is 10.0.